The summed E-state index contributed by atoms with van der Waals surface area (Å²) in [7, 11) is 0. The van der Waals surface area contributed by atoms with Gasteiger partial charge in [0.15, 0.2) is 0 Å². The van der Waals surface area contributed by atoms with Gasteiger partial charge in [-0.25, -0.2) is 0 Å². The van der Waals surface area contributed by atoms with Gasteiger partial charge in [0.2, 0.25) is 0 Å². The molecule has 1 rings (SSSR count). The van der Waals surface area contributed by atoms with Crippen molar-refractivity contribution in [3.8, 4) is 0 Å². The largest absolute Gasteiger partial charge is 0.366 e. The number of rotatable bonds is 3. The molecule has 1 aromatic heterocycles. The van der Waals surface area contributed by atoms with E-state index in [0.717, 1.165) is 12.4 Å². The topological polar surface area (TPSA) is 29.9 Å². The second-order valence-corrected chi connectivity index (χ2v) is 2.86. The average Bonchev–Trinajstić information content (AvgIpc) is 2.34. The van der Waals surface area contributed by atoms with Gasteiger partial charge in [0.1, 0.15) is 5.82 Å². The first-order valence-corrected chi connectivity index (χ1v) is 4.02. The van der Waals surface area contributed by atoms with Crippen molar-refractivity contribution in [2.45, 2.75) is 33.4 Å². The summed E-state index contributed by atoms with van der Waals surface area (Å²) < 4.78 is 1.91. The molecule has 0 aliphatic heterocycles. The van der Waals surface area contributed by atoms with Crippen LogP contribution in [0.1, 0.15) is 20.8 Å². The molecule has 0 radical (unpaired) electrons. The van der Waals surface area contributed by atoms with E-state index in [9.17, 15) is 0 Å². The van der Waals surface area contributed by atoms with E-state index < -0.39 is 0 Å². The summed E-state index contributed by atoms with van der Waals surface area (Å²) in [6, 6.07) is 2.44. The van der Waals surface area contributed by atoms with Crippen LogP contribution in [-0.4, -0.2) is 15.8 Å². The Morgan fingerprint density at radius 1 is 1.64 bits per heavy atom. The predicted octanol–water partition coefficient (Wildman–Crippen LogP) is 1.72. The number of anilines is 1. The molecule has 62 valence electrons. The number of nitrogens with one attached hydrogen (secondary N) is 1. The lowest BCUT2D eigenvalue weighted by molar-refractivity contribution is 0.659. The molecule has 0 saturated carbocycles. The maximum atomic E-state index is 4.27. The zero-order valence-electron chi connectivity index (χ0n) is 7.33. The van der Waals surface area contributed by atoms with Crippen LogP contribution in [0.15, 0.2) is 12.3 Å². The first kappa shape index (κ1) is 8.11. The van der Waals surface area contributed by atoms with Crippen molar-refractivity contribution >= 4 is 5.82 Å². The zero-order valence-corrected chi connectivity index (χ0v) is 7.33. The van der Waals surface area contributed by atoms with Gasteiger partial charge in [-0.2, -0.15) is 5.10 Å². The van der Waals surface area contributed by atoms with Gasteiger partial charge in [0.05, 0.1) is 0 Å². The summed E-state index contributed by atoms with van der Waals surface area (Å²) in [5.74, 6) is 0.960. The fourth-order valence-electron chi connectivity index (χ4n) is 0.911. The molecule has 0 aliphatic rings. The molecule has 3 nitrogen and oxygen atoms in total. The Labute approximate surface area is 67.4 Å². The number of nitrogens with zero attached hydrogens (tertiary/aromatic N) is 2. The van der Waals surface area contributed by atoms with E-state index in [-0.39, 0.29) is 0 Å². The summed E-state index contributed by atoms with van der Waals surface area (Å²) in [6.45, 7) is 7.21. The smallest absolute Gasteiger partial charge is 0.148 e. The van der Waals surface area contributed by atoms with Gasteiger partial charge < -0.3 is 5.32 Å². The second-order valence-electron chi connectivity index (χ2n) is 2.86. The molecule has 0 fully saturated rings. The molecule has 0 atom stereocenters. The SMILES string of the molecule is CCn1ccc(NC(C)C)n1. The Morgan fingerprint density at radius 3 is 2.82 bits per heavy atom. The van der Waals surface area contributed by atoms with Crippen molar-refractivity contribution < 1.29 is 0 Å². The normalized spacial score (nSPS) is 10.5. The lowest BCUT2D eigenvalue weighted by atomic mass is 10.4. The number of aryl methyl sites for hydroxylation is 1. The van der Waals surface area contributed by atoms with Crippen molar-refractivity contribution in [3.05, 3.63) is 12.3 Å². The van der Waals surface area contributed by atoms with Crippen LogP contribution in [0.3, 0.4) is 0 Å². The van der Waals surface area contributed by atoms with Gasteiger partial charge in [0, 0.05) is 24.8 Å². The van der Waals surface area contributed by atoms with E-state index in [0.29, 0.717) is 6.04 Å². The van der Waals surface area contributed by atoms with Gasteiger partial charge in [-0.15, -0.1) is 0 Å². The van der Waals surface area contributed by atoms with Crippen LogP contribution < -0.4 is 5.32 Å². The number of hydrogen-bond acceptors (Lipinski definition) is 2. The molecule has 0 unspecified atom stereocenters. The zero-order chi connectivity index (χ0) is 8.27. The molecule has 0 aliphatic carbocycles. The van der Waals surface area contributed by atoms with Gasteiger partial charge >= 0.3 is 0 Å². The third-order valence-electron chi connectivity index (χ3n) is 1.40. The Hall–Kier alpha value is -0.990. The fourth-order valence-corrected chi connectivity index (χ4v) is 0.911. The quantitative estimate of drug-likeness (QED) is 0.716. The number of hydrogen-bond donors (Lipinski definition) is 1. The summed E-state index contributed by atoms with van der Waals surface area (Å²) >= 11 is 0. The van der Waals surface area contributed by atoms with Crippen LogP contribution in [0.2, 0.25) is 0 Å². The van der Waals surface area contributed by atoms with Crippen LogP contribution in [0, 0.1) is 0 Å². The van der Waals surface area contributed by atoms with Crippen molar-refractivity contribution in [1.29, 1.82) is 0 Å². The van der Waals surface area contributed by atoms with Crippen LogP contribution in [0.5, 0.6) is 0 Å². The van der Waals surface area contributed by atoms with Crippen LogP contribution in [-0.2, 0) is 6.54 Å². The lowest BCUT2D eigenvalue weighted by Gasteiger charge is -2.04. The van der Waals surface area contributed by atoms with E-state index in [4.69, 9.17) is 0 Å². The van der Waals surface area contributed by atoms with E-state index in [2.05, 4.69) is 31.2 Å². The molecule has 0 amide bonds. The fraction of sp³-hybridized carbons (Fsp3) is 0.625. The standard InChI is InChI=1S/C8H15N3/c1-4-11-6-5-8(10-11)9-7(2)3/h5-7H,4H2,1-3H3,(H,9,10). The minimum absolute atomic E-state index is 0.454. The molecule has 0 saturated heterocycles. The van der Waals surface area contributed by atoms with Gasteiger partial charge in [-0.3, -0.25) is 4.68 Å². The first-order valence-electron chi connectivity index (χ1n) is 4.02. The third-order valence-corrected chi connectivity index (χ3v) is 1.40. The highest BCUT2D eigenvalue weighted by atomic mass is 15.3. The monoisotopic (exact) mass is 153 g/mol. The van der Waals surface area contributed by atoms with Crippen LogP contribution in [0.25, 0.3) is 0 Å². The summed E-state index contributed by atoms with van der Waals surface area (Å²) in [5, 5.41) is 7.50. The molecule has 1 aromatic rings. The molecule has 1 N–H and O–H groups in total. The first-order chi connectivity index (χ1) is 5.22. The van der Waals surface area contributed by atoms with E-state index in [1.165, 1.54) is 0 Å². The Balaban J connectivity index is 2.58. The Kier molecular flexibility index (Phi) is 2.52. The molecular weight excluding hydrogens is 138 g/mol. The maximum absolute atomic E-state index is 4.27. The lowest BCUT2D eigenvalue weighted by Crippen LogP contribution is -2.10. The van der Waals surface area contributed by atoms with E-state index in [1.54, 1.807) is 0 Å². The van der Waals surface area contributed by atoms with Crippen molar-refractivity contribution in [3.63, 3.8) is 0 Å². The third kappa shape index (κ3) is 2.26. The van der Waals surface area contributed by atoms with Gasteiger partial charge in [-0.05, 0) is 20.8 Å². The van der Waals surface area contributed by atoms with Crippen molar-refractivity contribution in [1.82, 2.24) is 9.78 Å². The molecular formula is C8H15N3. The Morgan fingerprint density at radius 2 is 2.36 bits per heavy atom. The molecule has 11 heavy (non-hydrogen) atoms. The van der Waals surface area contributed by atoms with Crippen LogP contribution >= 0.6 is 0 Å². The predicted molar refractivity (Wildman–Crippen MR) is 46.7 cm³/mol. The molecule has 1 heterocycles. The summed E-state index contributed by atoms with van der Waals surface area (Å²) in [5.41, 5.74) is 0. The van der Waals surface area contributed by atoms with Crippen molar-refractivity contribution in [2.24, 2.45) is 0 Å². The highest BCUT2D eigenvalue weighted by Crippen LogP contribution is 2.03. The maximum Gasteiger partial charge on any atom is 0.148 e. The number of aromatic nitrogens is 2. The van der Waals surface area contributed by atoms with E-state index in [1.807, 2.05) is 16.9 Å². The minimum Gasteiger partial charge on any atom is -0.366 e. The summed E-state index contributed by atoms with van der Waals surface area (Å²) in [4.78, 5) is 0. The molecule has 3 heteroatoms. The molecule has 0 spiro atoms. The molecule has 0 aromatic carbocycles. The average molecular weight is 153 g/mol. The van der Waals surface area contributed by atoms with Crippen molar-refractivity contribution in [2.75, 3.05) is 5.32 Å². The Bertz CT molecular complexity index is 215. The van der Waals surface area contributed by atoms with Gasteiger partial charge in [-0.1, -0.05) is 0 Å². The second kappa shape index (κ2) is 3.42. The van der Waals surface area contributed by atoms with E-state index >= 15 is 0 Å². The highest BCUT2D eigenvalue weighted by molar-refractivity contribution is 5.32. The summed E-state index contributed by atoms with van der Waals surface area (Å²) in [6.07, 6.45) is 1.98. The highest BCUT2D eigenvalue weighted by Gasteiger charge is 1.97. The van der Waals surface area contributed by atoms with Gasteiger partial charge in [0.25, 0.3) is 0 Å². The molecule has 0 bridgehead atoms. The van der Waals surface area contributed by atoms with Crippen LogP contribution in [0.4, 0.5) is 5.82 Å². The minimum atomic E-state index is 0.454.